The molecule has 0 radical (unpaired) electrons. The second-order valence-corrected chi connectivity index (χ2v) is 7.70. The number of hydrogen-bond acceptors (Lipinski definition) is 4. The number of rotatable bonds is 3. The predicted octanol–water partition coefficient (Wildman–Crippen LogP) is 2.86. The molecule has 4 rings (SSSR count). The molecule has 8 heteroatoms. The van der Waals surface area contributed by atoms with Crippen LogP contribution in [0, 0.1) is 6.92 Å². The second-order valence-electron chi connectivity index (χ2n) is 7.27. The lowest BCUT2D eigenvalue weighted by atomic mass is 10.1. The fraction of sp³-hybridized carbons (Fsp3) is 0.238. The van der Waals surface area contributed by atoms with E-state index in [1.807, 2.05) is 32.2 Å². The van der Waals surface area contributed by atoms with Crippen LogP contribution in [0.25, 0.3) is 27.6 Å². The Morgan fingerprint density at radius 3 is 2.62 bits per heavy atom. The molecular weight excluding hydrogens is 390 g/mol. The number of halogens is 1. The van der Waals surface area contributed by atoms with Gasteiger partial charge in [-0.25, -0.2) is 4.98 Å². The Kier molecular flexibility index (Phi) is 4.62. The van der Waals surface area contributed by atoms with E-state index >= 15 is 0 Å². The van der Waals surface area contributed by atoms with Gasteiger partial charge in [0.25, 0.3) is 5.56 Å². The van der Waals surface area contributed by atoms with Crippen LogP contribution in [0.15, 0.2) is 41.3 Å². The maximum Gasteiger partial charge on any atom is 0.297 e. The molecule has 148 valence electrons. The highest BCUT2D eigenvalue weighted by Gasteiger charge is 2.22. The summed E-state index contributed by atoms with van der Waals surface area (Å²) < 4.78 is 3.06. The van der Waals surface area contributed by atoms with Gasteiger partial charge in [0.15, 0.2) is 5.82 Å². The normalized spacial score (nSPS) is 11.3. The van der Waals surface area contributed by atoms with Crippen molar-refractivity contribution >= 4 is 39.3 Å². The van der Waals surface area contributed by atoms with Gasteiger partial charge in [0, 0.05) is 43.1 Å². The summed E-state index contributed by atoms with van der Waals surface area (Å²) in [7, 11) is 5.20. The molecule has 3 aromatic heterocycles. The summed E-state index contributed by atoms with van der Waals surface area (Å²) in [6.45, 7) is 1.92. The van der Waals surface area contributed by atoms with Crippen molar-refractivity contribution in [3.63, 3.8) is 0 Å². The van der Waals surface area contributed by atoms with E-state index < -0.39 is 0 Å². The summed E-state index contributed by atoms with van der Waals surface area (Å²) >= 11 is 6.18. The van der Waals surface area contributed by atoms with Crippen molar-refractivity contribution < 1.29 is 4.79 Å². The van der Waals surface area contributed by atoms with Crippen molar-refractivity contribution in [3.8, 4) is 5.82 Å². The predicted molar refractivity (Wildman–Crippen MR) is 114 cm³/mol. The summed E-state index contributed by atoms with van der Waals surface area (Å²) in [5, 5.41) is 6.63. The first-order valence-corrected chi connectivity index (χ1v) is 9.48. The number of fused-ring (bicyclic) bond motifs is 3. The molecule has 0 atom stereocenters. The molecule has 0 unspecified atom stereocenters. The lowest BCUT2D eigenvalue weighted by molar-refractivity contribution is -0.128. The maximum absolute atomic E-state index is 13.4. The zero-order valence-corrected chi connectivity index (χ0v) is 17.4. The summed E-state index contributed by atoms with van der Waals surface area (Å²) in [5.41, 5.74) is 2.46. The Balaban J connectivity index is 2.11. The molecule has 0 fully saturated rings. The molecule has 7 nitrogen and oxygen atoms in total. The third-order valence-electron chi connectivity index (χ3n) is 5.00. The molecular formula is C21H20ClN5O2. The first kappa shape index (κ1) is 19.1. The summed E-state index contributed by atoms with van der Waals surface area (Å²) in [6, 6.07) is 9.05. The highest BCUT2D eigenvalue weighted by atomic mass is 35.5. The van der Waals surface area contributed by atoms with Crippen LogP contribution in [0.5, 0.6) is 0 Å². The number of aromatic nitrogens is 4. The molecule has 1 amide bonds. The number of pyridine rings is 1. The van der Waals surface area contributed by atoms with Gasteiger partial charge in [0.2, 0.25) is 5.91 Å². The van der Waals surface area contributed by atoms with Crippen LogP contribution in [-0.4, -0.2) is 44.2 Å². The number of aryl methyl sites for hydroxylation is 2. The van der Waals surface area contributed by atoms with Crippen LogP contribution in [0.1, 0.15) is 11.3 Å². The fourth-order valence-electron chi connectivity index (χ4n) is 3.43. The van der Waals surface area contributed by atoms with Crippen LogP contribution >= 0.6 is 11.6 Å². The zero-order chi connectivity index (χ0) is 20.9. The van der Waals surface area contributed by atoms with Crippen molar-refractivity contribution in [1.82, 2.24) is 24.2 Å². The SMILES string of the molecule is Cc1ccc(-n2nc(CC(=O)N(C)C)c3c4ccc(Cl)cc4n(C)c3c2=O)nc1. The standard InChI is InChI=1S/C21H20ClN5O2/c1-12-5-8-17(23-11-12)27-21(29)20-19(15(24-27)10-18(28)25(2)3)14-7-6-13(22)9-16(14)26(20)4/h5-9,11H,10H2,1-4H3. The van der Waals surface area contributed by atoms with Crippen molar-refractivity contribution in [1.29, 1.82) is 0 Å². The van der Waals surface area contributed by atoms with Crippen LogP contribution < -0.4 is 5.56 Å². The van der Waals surface area contributed by atoms with Gasteiger partial charge in [0.05, 0.1) is 17.6 Å². The van der Waals surface area contributed by atoms with E-state index in [9.17, 15) is 9.59 Å². The van der Waals surface area contributed by atoms with Crippen molar-refractivity contribution in [2.75, 3.05) is 14.1 Å². The molecule has 1 aromatic carbocycles. The van der Waals surface area contributed by atoms with Crippen LogP contribution in [0.4, 0.5) is 0 Å². The third kappa shape index (κ3) is 3.17. The topological polar surface area (TPSA) is 73.0 Å². The van der Waals surface area contributed by atoms with Gasteiger partial charge >= 0.3 is 0 Å². The van der Waals surface area contributed by atoms with Gasteiger partial charge in [-0.1, -0.05) is 23.7 Å². The smallest absolute Gasteiger partial charge is 0.297 e. The zero-order valence-electron chi connectivity index (χ0n) is 16.6. The third-order valence-corrected chi connectivity index (χ3v) is 5.23. The van der Waals surface area contributed by atoms with E-state index in [1.165, 1.54) is 9.58 Å². The monoisotopic (exact) mass is 409 g/mol. The van der Waals surface area contributed by atoms with E-state index in [0.717, 1.165) is 16.5 Å². The number of amides is 1. The molecule has 0 spiro atoms. The van der Waals surface area contributed by atoms with E-state index in [0.29, 0.717) is 27.4 Å². The highest BCUT2D eigenvalue weighted by molar-refractivity contribution is 6.31. The Bertz CT molecular complexity index is 1320. The van der Waals surface area contributed by atoms with Crippen molar-refractivity contribution in [3.05, 3.63) is 63.2 Å². The minimum Gasteiger partial charge on any atom is -0.348 e. The number of benzene rings is 1. The fourth-order valence-corrected chi connectivity index (χ4v) is 3.60. The van der Waals surface area contributed by atoms with Gasteiger partial charge in [-0.3, -0.25) is 9.59 Å². The van der Waals surface area contributed by atoms with E-state index in [4.69, 9.17) is 11.6 Å². The van der Waals surface area contributed by atoms with Gasteiger partial charge < -0.3 is 9.47 Å². The number of hydrogen-bond donors (Lipinski definition) is 0. The van der Waals surface area contributed by atoms with Crippen LogP contribution in [0.2, 0.25) is 5.02 Å². The Hall–Kier alpha value is -3.19. The minimum absolute atomic E-state index is 0.0668. The van der Waals surface area contributed by atoms with Gasteiger partial charge in [-0.05, 0) is 30.7 Å². The largest absolute Gasteiger partial charge is 0.348 e. The first-order valence-electron chi connectivity index (χ1n) is 9.11. The van der Waals surface area contributed by atoms with E-state index in [1.54, 1.807) is 37.0 Å². The molecule has 0 saturated heterocycles. The maximum atomic E-state index is 13.4. The molecule has 0 aliphatic heterocycles. The quantitative estimate of drug-likeness (QED) is 0.521. The van der Waals surface area contributed by atoms with Crippen LogP contribution in [-0.2, 0) is 18.3 Å². The second kappa shape index (κ2) is 7.00. The summed E-state index contributed by atoms with van der Waals surface area (Å²) in [4.78, 5) is 31.7. The molecule has 0 aliphatic rings. The molecule has 4 aromatic rings. The lowest BCUT2D eigenvalue weighted by Crippen LogP contribution is -2.28. The molecule has 0 aliphatic carbocycles. The summed E-state index contributed by atoms with van der Waals surface area (Å²) in [6.07, 6.45) is 1.75. The molecule has 0 N–H and O–H groups in total. The van der Waals surface area contributed by atoms with Gasteiger partial charge in [-0.15, -0.1) is 0 Å². The lowest BCUT2D eigenvalue weighted by Gasteiger charge is -2.12. The number of carbonyl (C=O) groups excluding carboxylic acids is 1. The molecule has 29 heavy (non-hydrogen) atoms. The highest BCUT2D eigenvalue weighted by Crippen LogP contribution is 2.30. The molecule has 0 saturated carbocycles. The first-order chi connectivity index (χ1) is 13.8. The Labute approximate surface area is 172 Å². The number of nitrogens with zero attached hydrogens (tertiary/aromatic N) is 5. The van der Waals surface area contributed by atoms with Gasteiger partial charge in [-0.2, -0.15) is 9.78 Å². The van der Waals surface area contributed by atoms with E-state index in [-0.39, 0.29) is 17.9 Å². The van der Waals surface area contributed by atoms with Crippen molar-refractivity contribution in [2.45, 2.75) is 13.3 Å². The molecule has 3 heterocycles. The number of carbonyl (C=O) groups is 1. The van der Waals surface area contributed by atoms with Crippen molar-refractivity contribution in [2.24, 2.45) is 7.05 Å². The number of likely N-dealkylation sites (N-methyl/N-ethyl adjacent to an activating group) is 1. The summed E-state index contributed by atoms with van der Waals surface area (Å²) in [5.74, 6) is 0.302. The Morgan fingerprint density at radius 2 is 1.97 bits per heavy atom. The Morgan fingerprint density at radius 1 is 1.21 bits per heavy atom. The minimum atomic E-state index is -0.299. The molecule has 0 bridgehead atoms. The average molecular weight is 410 g/mol. The van der Waals surface area contributed by atoms with Gasteiger partial charge in [0.1, 0.15) is 5.52 Å². The van der Waals surface area contributed by atoms with E-state index in [2.05, 4.69) is 10.1 Å². The average Bonchev–Trinajstić information content (AvgIpc) is 2.97. The van der Waals surface area contributed by atoms with Crippen LogP contribution in [0.3, 0.4) is 0 Å².